The molecule has 0 radical (unpaired) electrons. The van der Waals surface area contributed by atoms with Crippen LogP contribution in [0.1, 0.15) is 15.9 Å². The zero-order valence-corrected chi connectivity index (χ0v) is 10.8. The first kappa shape index (κ1) is 11.4. The molecule has 0 spiro atoms. The van der Waals surface area contributed by atoms with Crippen LogP contribution in [0.15, 0.2) is 48.0 Å². The van der Waals surface area contributed by atoms with Gasteiger partial charge in [-0.2, -0.15) is 0 Å². The SMILES string of the molecule is O=C(c1cccc(Cl)c1)c1cnc2ccsc2c1. The Labute approximate surface area is 113 Å². The van der Waals surface area contributed by atoms with Crippen molar-refractivity contribution in [2.75, 3.05) is 0 Å². The molecule has 0 amide bonds. The summed E-state index contributed by atoms with van der Waals surface area (Å²) in [7, 11) is 0. The minimum atomic E-state index is -0.0553. The molecule has 0 N–H and O–H groups in total. The average molecular weight is 274 g/mol. The number of thiophene rings is 1. The highest BCUT2D eigenvalue weighted by Gasteiger charge is 2.11. The summed E-state index contributed by atoms with van der Waals surface area (Å²) < 4.78 is 1.02. The molecule has 0 aliphatic heterocycles. The smallest absolute Gasteiger partial charge is 0.194 e. The molecular weight excluding hydrogens is 266 g/mol. The Hall–Kier alpha value is -1.71. The Balaban J connectivity index is 2.06. The third kappa shape index (κ3) is 2.03. The lowest BCUT2D eigenvalue weighted by molar-refractivity contribution is 0.103. The minimum absolute atomic E-state index is 0.0553. The third-order valence-corrected chi connectivity index (χ3v) is 3.74. The molecule has 0 saturated carbocycles. The Morgan fingerprint density at radius 2 is 2.06 bits per heavy atom. The molecule has 1 aromatic carbocycles. The van der Waals surface area contributed by atoms with Crippen molar-refractivity contribution in [1.29, 1.82) is 0 Å². The van der Waals surface area contributed by atoms with Gasteiger partial charge in [0.1, 0.15) is 0 Å². The summed E-state index contributed by atoms with van der Waals surface area (Å²) >= 11 is 7.46. The summed E-state index contributed by atoms with van der Waals surface area (Å²) in [5.41, 5.74) is 2.09. The molecule has 88 valence electrons. The van der Waals surface area contributed by atoms with E-state index in [1.165, 1.54) is 0 Å². The number of carbonyl (C=O) groups excluding carboxylic acids is 1. The second-order valence-corrected chi connectivity index (χ2v) is 5.25. The van der Waals surface area contributed by atoms with E-state index in [1.54, 1.807) is 41.8 Å². The van der Waals surface area contributed by atoms with Crippen molar-refractivity contribution >= 4 is 38.9 Å². The molecule has 18 heavy (non-hydrogen) atoms. The first-order chi connectivity index (χ1) is 8.74. The molecule has 2 aromatic heterocycles. The molecule has 0 aliphatic rings. The van der Waals surface area contributed by atoms with E-state index < -0.39 is 0 Å². The van der Waals surface area contributed by atoms with E-state index in [9.17, 15) is 4.79 Å². The van der Waals surface area contributed by atoms with Gasteiger partial charge in [0.05, 0.1) is 10.2 Å². The number of hydrogen-bond acceptors (Lipinski definition) is 3. The lowest BCUT2D eigenvalue weighted by Crippen LogP contribution is -2.01. The lowest BCUT2D eigenvalue weighted by atomic mass is 10.1. The van der Waals surface area contributed by atoms with Gasteiger partial charge in [0.2, 0.25) is 0 Å². The van der Waals surface area contributed by atoms with Crippen LogP contribution in [-0.4, -0.2) is 10.8 Å². The maximum absolute atomic E-state index is 12.3. The normalized spacial score (nSPS) is 10.7. The molecule has 2 nitrogen and oxygen atoms in total. The van der Waals surface area contributed by atoms with Crippen LogP contribution in [0.25, 0.3) is 10.2 Å². The summed E-state index contributed by atoms with van der Waals surface area (Å²) in [6.07, 6.45) is 1.61. The molecule has 3 aromatic rings. The van der Waals surface area contributed by atoms with Gasteiger partial charge < -0.3 is 0 Å². The highest BCUT2D eigenvalue weighted by Crippen LogP contribution is 2.21. The fraction of sp³-hybridized carbons (Fsp3) is 0. The van der Waals surface area contributed by atoms with Crippen molar-refractivity contribution in [3.05, 3.63) is 64.1 Å². The quantitative estimate of drug-likeness (QED) is 0.656. The summed E-state index contributed by atoms with van der Waals surface area (Å²) in [4.78, 5) is 16.5. The number of rotatable bonds is 2. The van der Waals surface area contributed by atoms with Gasteiger partial charge >= 0.3 is 0 Å². The summed E-state index contributed by atoms with van der Waals surface area (Å²) in [6.45, 7) is 0. The van der Waals surface area contributed by atoms with Crippen molar-refractivity contribution < 1.29 is 4.79 Å². The first-order valence-electron chi connectivity index (χ1n) is 5.37. The number of benzene rings is 1. The largest absolute Gasteiger partial charge is 0.289 e. The zero-order valence-electron chi connectivity index (χ0n) is 9.26. The van der Waals surface area contributed by atoms with Crippen LogP contribution < -0.4 is 0 Å². The van der Waals surface area contributed by atoms with Crippen LogP contribution in [0.5, 0.6) is 0 Å². The molecule has 2 heterocycles. The van der Waals surface area contributed by atoms with Gasteiger partial charge in [0.15, 0.2) is 5.78 Å². The van der Waals surface area contributed by atoms with E-state index in [2.05, 4.69) is 4.98 Å². The Kier molecular flexibility index (Phi) is 2.86. The molecule has 0 bridgehead atoms. The Morgan fingerprint density at radius 3 is 2.89 bits per heavy atom. The Morgan fingerprint density at radius 1 is 1.17 bits per heavy atom. The molecular formula is C14H8ClNOS. The molecule has 0 fully saturated rings. The topological polar surface area (TPSA) is 30.0 Å². The molecule has 0 atom stereocenters. The number of halogens is 1. The van der Waals surface area contributed by atoms with Crippen molar-refractivity contribution in [3.63, 3.8) is 0 Å². The van der Waals surface area contributed by atoms with Crippen molar-refractivity contribution in [2.24, 2.45) is 0 Å². The van der Waals surface area contributed by atoms with Gasteiger partial charge in [-0.05, 0) is 29.6 Å². The van der Waals surface area contributed by atoms with Gasteiger partial charge in [-0.3, -0.25) is 9.78 Å². The fourth-order valence-electron chi connectivity index (χ4n) is 1.77. The van der Waals surface area contributed by atoms with Crippen LogP contribution in [-0.2, 0) is 0 Å². The van der Waals surface area contributed by atoms with Gasteiger partial charge in [0.25, 0.3) is 0 Å². The molecule has 4 heteroatoms. The monoisotopic (exact) mass is 273 g/mol. The standard InChI is InChI=1S/C14H8ClNOS/c15-11-3-1-2-9(6-11)14(17)10-7-13-12(16-8-10)4-5-18-13/h1-8H. The molecule has 3 rings (SSSR count). The first-order valence-corrected chi connectivity index (χ1v) is 6.63. The van der Waals surface area contributed by atoms with Crippen LogP contribution in [0.2, 0.25) is 5.02 Å². The number of ketones is 1. The number of nitrogens with zero attached hydrogens (tertiary/aromatic N) is 1. The maximum atomic E-state index is 12.3. The number of pyridine rings is 1. The van der Waals surface area contributed by atoms with Crippen molar-refractivity contribution in [2.45, 2.75) is 0 Å². The van der Waals surface area contributed by atoms with Gasteiger partial charge in [-0.25, -0.2) is 0 Å². The molecule has 0 aliphatic carbocycles. The molecule has 0 saturated heterocycles. The van der Waals surface area contributed by atoms with Crippen molar-refractivity contribution in [1.82, 2.24) is 4.98 Å². The number of aromatic nitrogens is 1. The van der Waals surface area contributed by atoms with Crippen molar-refractivity contribution in [3.8, 4) is 0 Å². The van der Waals surface area contributed by atoms with Crippen LogP contribution in [0.4, 0.5) is 0 Å². The van der Waals surface area contributed by atoms with Crippen LogP contribution in [0.3, 0.4) is 0 Å². The number of fused-ring (bicyclic) bond motifs is 1. The second-order valence-electron chi connectivity index (χ2n) is 3.87. The zero-order chi connectivity index (χ0) is 12.5. The summed E-state index contributed by atoms with van der Waals surface area (Å²) in [6, 6.07) is 10.8. The number of carbonyl (C=O) groups is 1. The van der Waals surface area contributed by atoms with E-state index in [-0.39, 0.29) is 5.78 Å². The highest BCUT2D eigenvalue weighted by atomic mass is 35.5. The summed E-state index contributed by atoms with van der Waals surface area (Å²) in [5, 5.41) is 2.52. The minimum Gasteiger partial charge on any atom is -0.289 e. The number of hydrogen-bond donors (Lipinski definition) is 0. The highest BCUT2D eigenvalue weighted by molar-refractivity contribution is 7.17. The van der Waals surface area contributed by atoms with E-state index in [0.29, 0.717) is 16.1 Å². The second kappa shape index (κ2) is 4.52. The Bertz CT molecular complexity index is 735. The molecule has 0 unspecified atom stereocenters. The van der Waals surface area contributed by atoms with E-state index in [1.807, 2.05) is 17.5 Å². The fourth-order valence-corrected chi connectivity index (χ4v) is 2.74. The van der Waals surface area contributed by atoms with E-state index >= 15 is 0 Å². The predicted molar refractivity (Wildman–Crippen MR) is 74.5 cm³/mol. The predicted octanol–water partition coefficient (Wildman–Crippen LogP) is 4.18. The maximum Gasteiger partial charge on any atom is 0.194 e. The average Bonchev–Trinajstić information content (AvgIpc) is 2.85. The van der Waals surface area contributed by atoms with E-state index in [0.717, 1.165) is 10.2 Å². The van der Waals surface area contributed by atoms with Crippen LogP contribution in [0, 0.1) is 0 Å². The van der Waals surface area contributed by atoms with Crippen LogP contribution >= 0.6 is 22.9 Å². The lowest BCUT2D eigenvalue weighted by Gasteiger charge is -2.01. The van der Waals surface area contributed by atoms with Gasteiger partial charge in [-0.1, -0.05) is 23.7 Å². The third-order valence-electron chi connectivity index (χ3n) is 2.65. The summed E-state index contributed by atoms with van der Waals surface area (Å²) in [5.74, 6) is -0.0553. The van der Waals surface area contributed by atoms with Gasteiger partial charge in [-0.15, -0.1) is 11.3 Å². The van der Waals surface area contributed by atoms with Gasteiger partial charge in [0, 0.05) is 22.3 Å². The van der Waals surface area contributed by atoms with E-state index in [4.69, 9.17) is 11.6 Å².